The van der Waals surface area contributed by atoms with Crippen molar-refractivity contribution in [1.29, 1.82) is 0 Å². The zero-order chi connectivity index (χ0) is 14.1. The first-order valence-electron chi connectivity index (χ1n) is 7.80. The second-order valence-corrected chi connectivity index (χ2v) is 6.42. The Balaban J connectivity index is 1.94. The second-order valence-electron chi connectivity index (χ2n) is 6.42. The zero-order valence-electron chi connectivity index (χ0n) is 13.5. The molecule has 0 aromatic heterocycles. The van der Waals surface area contributed by atoms with E-state index in [-0.39, 0.29) is 0 Å². The standard InChI is InChI=1S/C15H34N4/c1-17(2)10-5-8-16-9-13-19(4)14-15-6-11-18(3)12-7-15/h15-16H,5-14H2,1-4H3. The third kappa shape index (κ3) is 8.58. The van der Waals surface area contributed by atoms with Gasteiger partial charge in [-0.1, -0.05) is 0 Å². The number of nitrogens with one attached hydrogen (secondary N) is 1. The SMILES string of the molecule is CN(C)CCCNCCN(C)CC1CCN(C)CC1. The highest BCUT2D eigenvalue weighted by Crippen LogP contribution is 2.16. The fourth-order valence-corrected chi connectivity index (χ4v) is 2.69. The lowest BCUT2D eigenvalue weighted by Crippen LogP contribution is -2.38. The molecule has 1 saturated heterocycles. The van der Waals surface area contributed by atoms with Gasteiger partial charge in [-0.15, -0.1) is 0 Å². The van der Waals surface area contributed by atoms with E-state index in [0.29, 0.717) is 0 Å². The van der Waals surface area contributed by atoms with Gasteiger partial charge in [0.05, 0.1) is 0 Å². The van der Waals surface area contributed by atoms with Crippen molar-refractivity contribution in [3.8, 4) is 0 Å². The Morgan fingerprint density at radius 2 is 1.74 bits per heavy atom. The Labute approximate surface area is 120 Å². The molecule has 0 amide bonds. The van der Waals surface area contributed by atoms with Gasteiger partial charge in [-0.25, -0.2) is 0 Å². The van der Waals surface area contributed by atoms with Crippen molar-refractivity contribution in [3.05, 3.63) is 0 Å². The number of rotatable bonds is 9. The summed E-state index contributed by atoms with van der Waals surface area (Å²) < 4.78 is 0. The van der Waals surface area contributed by atoms with Crippen LogP contribution in [0.1, 0.15) is 19.3 Å². The van der Waals surface area contributed by atoms with Gasteiger partial charge in [0.15, 0.2) is 0 Å². The highest BCUT2D eigenvalue weighted by molar-refractivity contribution is 4.72. The van der Waals surface area contributed by atoms with Gasteiger partial charge in [0, 0.05) is 19.6 Å². The number of nitrogens with zero attached hydrogens (tertiary/aromatic N) is 3. The molecule has 0 aliphatic carbocycles. The first-order valence-corrected chi connectivity index (χ1v) is 7.80. The van der Waals surface area contributed by atoms with Crippen LogP contribution < -0.4 is 5.32 Å². The lowest BCUT2D eigenvalue weighted by molar-refractivity contribution is 0.176. The lowest BCUT2D eigenvalue weighted by Gasteiger charge is -2.31. The zero-order valence-corrected chi connectivity index (χ0v) is 13.5. The summed E-state index contributed by atoms with van der Waals surface area (Å²) in [6.45, 7) is 8.44. The number of likely N-dealkylation sites (tertiary alicyclic amines) is 1. The summed E-state index contributed by atoms with van der Waals surface area (Å²) in [7, 11) is 8.77. The fourth-order valence-electron chi connectivity index (χ4n) is 2.69. The quantitative estimate of drug-likeness (QED) is 0.626. The molecule has 0 bridgehead atoms. The molecule has 114 valence electrons. The van der Waals surface area contributed by atoms with Gasteiger partial charge in [-0.2, -0.15) is 0 Å². The topological polar surface area (TPSA) is 21.8 Å². The molecule has 4 nitrogen and oxygen atoms in total. The van der Waals surface area contributed by atoms with Crippen molar-refractivity contribution in [2.75, 3.05) is 74.0 Å². The Hall–Kier alpha value is -0.160. The van der Waals surface area contributed by atoms with E-state index in [4.69, 9.17) is 0 Å². The van der Waals surface area contributed by atoms with Crippen molar-refractivity contribution in [2.24, 2.45) is 5.92 Å². The molecule has 0 saturated carbocycles. The minimum Gasteiger partial charge on any atom is -0.315 e. The molecule has 0 unspecified atom stereocenters. The minimum atomic E-state index is 0.912. The highest BCUT2D eigenvalue weighted by Gasteiger charge is 2.17. The summed E-state index contributed by atoms with van der Waals surface area (Å²) in [5.74, 6) is 0.912. The Morgan fingerprint density at radius 1 is 1.05 bits per heavy atom. The van der Waals surface area contributed by atoms with Crippen molar-refractivity contribution in [1.82, 2.24) is 20.0 Å². The van der Waals surface area contributed by atoms with Crippen LogP contribution in [0.5, 0.6) is 0 Å². The van der Waals surface area contributed by atoms with Crippen molar-refractivity contribution in [3.63, 3.8) is 0 Å². The molecule has 0 aromatic rings. The number of hydrogen-bond donors (Lipinski definition) is 1. The Kier molecular flexibility index (Phi) is 8.62. The molecule has 0 atom stereocenters. The van der Waals surface area contributed by atoms with Crippen LogP contribution in [0, 0.1) is 5.92 Å². The van der Waals surface area contributed by atoms with Gasteiger partial charge in [-0.3, -0.25) is 0 Å². The van der Waals surface area contributed by atoms with Gasteiger partial charge < -0.3 is 20.0 Å². The van der Waals surface area contributed by atoms with Crippen LogP contribution in [0.3, 0.4) is 0 Å². The largest absolute Gasteiger partial charge is 0.315 e. The monoisotopic (exact) mass is 270 g/mol. The molecular weight excluding hydrogens is 236 g/mol. The summed E-state index contributed by atoms with van der Waals surface area (Å²) >= 11 is 0. The van der Waals surface area contributed by atoms with E-state index in [1.54, 1.807) is 0 Å². The molecule has 4 heteroatoms. The summed E-state index contributed by atoms with van der Waals surface area (Å²) in [4.78, 5) is 7.19. The molecule has 19 heavy (non-hydrogen) atoms. The van der Waals surface area contributed by atoms with E-state index in [1.807, 2.05) is 0 Å². The normalized spacial score (nSPS) is 18.6. The predicted molar refractivity (Wildman–Crippen MR) is 83.8 cm³/mol. The van der Waals surface area contributed by atoms with Gasteiger partial charge in [0.25, 0.3) is 0 Å². The van der Waals surface area contributed by atoms with E-state index in [9.17, 15) is 0 Å². The molecular formula is C15H34N4. The predicted octanol–water partition coefficient (Wildman–Crippen LogP) is 0.801. The molecule has 0 spiro atoms. The second kappa shape index (κ2) is 9.70. The molecule has 1 aliphatic heterocycles. The van der Waals surface area contributed by atoms with Gasteiger partial charge >= 0.3 is 0 Å². The van der Waals surface area contributed by atoms with Gasteiger partial charge in [-0.05, 0) is 79.6 Å². The average Bonchev–Trinajstić information content (AvgIpc) is 2.36. The molecule has 1 fully saturated rings. The summed E-state index contributed by atoms with van der Waals surface area (Å²) in [6.07, 6.45) is 3.99. The molecule has 1 heterocycles. The average molecular weight is 270 g/mol. The third-order valence-electron chi connectivity index (χ3n) is 4.04. The molecule has 0 aromatic carbocycles. The van der Waals surface area contributed by atoms with Crippen molar-refractivity contribution < 1.29 is 0 Å². The minimum absolute atomic E-state index is 0.912. The van der Waals surface area contributed by atoms with Crippen LogP contribution in [0.15, 0.2) is 0 Å². The maximum Gasteiger partial charge on any atom is 0.0104 e. The van der Waals surface area contributed by atoms with Crippen LogP contribution >= 0.6 is 0 Å². The van der Waals surface area contributed by atoms with Crippen molar-refractivity contribution in [2.45, 2.75) is 19.3 Å². The fraction of sp³-hybridized carbons (Fsp3) is 1.00. The summed E-state index contributed by atoms with van der Waals surface area (Å²) in [5.41, 5.74) is 0. The van der Waals surface area contributed by atoms with E-state index >= 15 is 0 Å². The first-order chi connectivity index (χ1) is 9.08. The van der Waals surface area contributed by atoms with Crippen LogP contribution in [0.25, 0.3) is 0 Å². The summed E-state index contributed by atoms with van der Waals surface area (Å²) in [6, 6.07) is 0. The van der Waals surface area contributed by atoms with E-state index in [2.05, 4.69) is 48.2 Å². The Morgan fingerprint density at radius 3 is 2.37 bits per heavy atom. The lowest BCUT2D eigenvalue weighted by atomic mass is 9.97. The van der Waals surface area contributed by atoms with Crippen LogP contribution in [0.2, 0.25) is 0 Å². The molecule has 0 radical (unpaired) electrons. The van der Waals surface area contributed by atoms with E-state index in [1.165, 1.54) is 52.0 Å². The number of piperidine rings is 1. The van der Waals surface area contributed by atoms with Gasteiger partial charge in [0.1, 0.15) is 0 Å². The maximum absolute atomic E-state index is 3.54. The first kappa shape index (κ1) is 16.9. The van der Waals surface area contributed by atoms with E-state index in [0.717, 1.165) is 19.0 Å². The van der Waals surface area contributed by atoms with Crippen LogP contribution in [0.4, 0.5) is 0 Å². The van der Waals surface area contributed by atoms with Crippen LogP contribution in [-0.4, -0.2) is 88.7 Å². The Bertz CT molecular complexity index is 212. The summed E-state index contributed by atoms with van der Waals surface area (Å²) in [5, 5.41) is 3.54. The van der Waals surface area contributed by atoms with Gasteiger partial charge in [0.2, 0.25) is 0 Å². The van der Waals surface area contributed by atoms with Crippen molar-refractivity contribution >= 4 is 0 Å². The molecule has 1 N–H and O–H groups in total. The third-order valence-corrected chi connectivity index (χ3v) is 4.04. The number of likely N-dealkylation sites (N-methyl/N-ethyl adjacent to an activating group) is 1. The maximum atomic E-state index is 3.54. The molecule has 1 rings (SSSR count). The van der Waals surface area contributed by atoms with E-state index < -0.39 is 0 Å². The molecule has 1 aliphatic rings. The smallest absolute Gasteiger partial charge is 0.0104 e. The highest BCUT2D eigenvalue weighted by atomic mass is 15.1. The van der Waals surface area contributed by atoms with Crippen LogP contribution in [-0.2, 0) is 0 Å². The number of hydrogen-bond acceptors (Lipinski definition) is 4.